The Morgan fingerprint density at radius 1 is 1.34 bits per heavy atom. The summed E-state index contributed by atoms with van der Waals surface area (Å²) in [5.74, 6) is -4.13. The van der Waals surface area contributed by atoms with Crippen molar-refractivity contribution in [1.29, 1.82) is 0 Å². The van der Waals surface area contributed by atoms with Gasteiger partial charge in [-0.05, 0) is 56.6 Å². The molecule has 0 aliphatic carbocycles. The zero-order chi connectivity index (χ0) is 25.9. The van der Waals surface area contributed by atoms with E-state index in [9.17, 15) is 22.7 Å². The third-order valence-corrected chi connectivity index (χ3v) is 5.70. The molecule has 1 fully saturated rings. The number of aliphatic carboxylic acids is 1. The fourth-order valence-electron chi connectivity index (χ4n) is 3.71. The Labute approximate surface area is 202 Å². The predicted octanol–water partition coefficient (Wildman–Crippen LogP) is 5.23. The molecule has 4 rings (SSSR count). The number of halogens is 5. The van der Waals surface area contributed by atoms with Gasteiger partial charge in [-0.2, -0.15) is 18.2 Å². The molecule has 0 radical (unpaired) electrons. The highest BCUT2D eigenvalue weighted by atomic mass is 35.5. The van der Waals surface area contributed by atoms with Crippen LogP contribution in [0.15, 0.2) is 22.6 Å². The number of phenols is 1. The zero-order valence-electron chi connectivity index (χ0n) is 18.8. The van der Waals surface area contributed by atoms with Gasteiger partial charge in [-0.1, -0.05) is 18.5 Å². The molecule has 1 aromatic carbocycles. The highest BCUT2D eigenvalue weighted by molar-refractivity contribution is 6.31. The quantitative estimate of drug-likeness (QED) is 0.403. The number of aromatic nitrogens is 2. The smallest absolute Gasteiger partial charge is 0.490 e. The standard InChI is InChI=1S/C20H22ClFN4O2.C2HF3O2/c1-3-26-8-4-5-12(10-26)23-20-25-19-15(28-20)7-6-14(24-19)16-11(2)9-13(21)17(22)18(16)27;3-2(4,5)1(6)7/h6-7,9,12,27H,3-5,8,10H2,1-2H3,(H,23,24,25);(H,6,7)/t12-;/m0./s1. The van der Waals surface area contributed by atoms with Gasteiger partial charge in [0.25, 0.3) is 6.01 Å². The number of piperidine rings is 1. The Balaban J connectivity index is 0.000000429. The van der Waals surface area contributed by atoms with Crippen LogP contribution in [0.1, 0.15) is 25.3 Å². The van der Waals surface area contributed by atoms with Crippen molar-refractivity contribution in [1.82, 2.24) is 14.9 Å². The van der Waals surface area contributed by atoms with E-state index in [1.807, 2.05) is 0 Å². The number of anilines is 1. The van der Waals surface area contributed by atoms with Gasteiger partial charge in [0.05, 0.1) is 10.7 Å². The van der Waals surface area contributed by atoms with Gasteiger partial charge in [0.2, 0.25) is 5.65 Å². The lowest BCUT2D eigenvalue weighted by Crippen LogP contribution is -2.41. The van der Waals surface area contributed by atoms with Crippen molar-refractivity contribution in [3.63, 3.8) is 0 Å². The number of aryl methyl sites for hydroxylation is 1. The third-order valence-electron chi connectivity index (χ3n) is 5.42. The van der Waals surface area contributed by atoms with Crippen LogP contribution in [0.2, 0.25) is 5.02 Å². The summed E-state index contributed by atoms with van der Waals surface area (Å²) in [6, 6.07) is 5.56. The number of aromatic hydroxyl groups is 1. The maximum absolute atomic E-state index is 14.0. The van der Waals surface area contributed by atoms with E-state index in [1.54, 1.807) is 19.1 Å². The van der Waals surface area contributed by atoms with E-state index in [2.05, 4.69) is 27.1 Å². The number of nitrogens with zero attached hydrogens (tertiary/aromatic N) is 3. The van der Waals surface area contributed by atoms with E-state index in [0.717, 1.165) is 32.5 Å². The minimum atomic E-state index is -5.08. The maximum Gasteiger partial charge on any atom is 0.490 e. The number of hydrogen-bond donors (Lipinski definition) is 3. The number of hydrogen-bond acceptors (Lipinski definition) is 7. The summed E-state index contributed by atoms with van der Waals surface area (Å²) in [5, 5.41) is 20.5. The molecule has 13 heteroatoms. The molecule has 0 spiro atoms. The summed E-state index contributed by atoms with van der Waals surface area (Å²) in [4.78, 5) is 20.2. The van der Waals surface area contributed by atoms with Crippen LogP contribution < -0.4 is 5.32 Å². The number of pyridine rings is 1. The molecule has 35 heavy (non-hydrogen) atoms. The Bertz CT molecular complexity index is 1220. The summed E-state index contributed by atoms with van der Waals surface area (Å²) in [6.45, 7) is 6.99. The van der Waals surface area contributed by atoms with Crippen molar-refractivity contribution in [2.75, 3.05) is 25.0 Å². The monoisotopic (exact) mass is 518 g/mol. The largest absolute Gasteiger partial charge is 0.504 e. The molecule has 1 aliphatic rings. The van der Waals surface area contributed by atoms with Gasteiger partial charge in [-0.25, -0.2) is 14.2 Å². The van der Waals surface area contributed by atoms with Crippen molar-refractivity contribution in [2.45, 2.75) is 38.9 Å². The molecule has 0 bridgehead atoms. The molecule has 3 aromatic rings. The first-order valence-electron chi connectivity index (χ1n) is 10.6. The van der Waals surface area contributed by atoms with E-state index < -0.39 is 23.7 Å². The van der Waals surface area contributed by atoms with Crippen molar-refractivity contribution in [3.8, 4) is 17.0 Å². The fraction of sp³-hybridized carbons (Fsp3) is 0.409. The Morgan fingerprint density at radius 2 is 2.03 bits per heavy atom. The number of carboxylic acid groups (broad SMARTS) is 1. The number of carboxylic acids is 1. The van der Waals surface area contributed by atoms with Crippen LogP contribution >= 0.6 is 11.6 Å². The SMILES string of the molecule is CCN1CCC[C@H](Nc2nc3nc(-c4c(C)cc(Cl)c(F)c4O)ccc3o2)C1.O=C(O)C(F)(F)F. The second-order valence-corrected chi connectivity index (χ2v) is 8.34. The number of fused-ring (bicyclic) bond motifs is 1. The van der Waals surface area contributed by atoms with Crippen LogP contribution in [0.3, 0.4) is 0 Å². The Kier molecular flexibility index (Phi) is 8.06. The van der Waals surface area contributed by atoms with Crippen molar-refractivity contribution in [2.24, 2.45) is 0 Å². The summed E-state index contributed by atoms with van der Waals surface area (Å²) >= 11 is 5.80. The van der Waals surface area contributed by atoms with E-state index in [-0.39, 0.29) is 11.1 Å². The second kappa shape index (κ2) is 10.6. The predicted molar refractivity (Wildman–Crippen MR) is 121 cm³/mol. The zero-order valence-corrected chi connectivity index (χ0v) is 19.5. The second-order valence-electron chi connectivity index (χ2n) is 7.93. The average Bonchev–Trinajstić information content (AvgIpc) is 3.19. The molecule has 0 unspecified atom stereocenters. The van der Waals surface area contributed by atoms with Gasteiger partial charge >= 0.3 is 12.1 Å². The molecule has 3 N–H and O–H groups in total. The first-order chi connectivity index (χ1) is 16.4. The van der Waals surface area contributed by atoms with Gasteiger partial charge in [-0.3, -0.25) is 0 Å². The molecular formula is C22H23ClF4N4O4. The summed E-state index contributed by atoms with van der Waals surface area (Å²) in [7, 11) is 0. The van der Waals surface area contributed by atoms with Gasteiger partial charge in [0.15, 0.2) is 17.1 Å². The highest BCUT2D eigenvalue weighted by Gasteiger charge is 2.38. The number of oxazole rings is 1. The summed E-state index contributed by atoms with van der Waals surface area (Å²) in [5.41, 5.74) is 2.26. The lowest BCUT2D eigenvalue weighted by atomic mass is 10.0. The van der Waals surface area contributed by atoms with Crippen LogP contribution in [0.5, 0.6) is 5.75 Å². The van der Waals surface area contributed by atoms with Crippen LogP contribution in [-0.4, -0.2) is 62.9 Å². The molecule has 1 atom stereocenters. The number of nitrogens with one attached hydrogen (secondary N) is 1. The molecule has 0 saturated carbocycles. The number of rotatable bonds is 4. The fourth-order valence-corrected chi connectivity index (χ4v) is 3.97. The average molecular weight is 519 g/mol. The van der Waals surface area contributed by atoms with E-state index in [0.29, 0.717) is 34.1 Å². The third kappa shape index (κ3) is 6.31. The lowest BCUT2D eigenvalue weighted by molar-refractivity contribution is -0.192. The number of carbonyl (C=O) groups is 1. The molecule has 2 aromatic heterocycles. The highest BCUT2D eigenvalue weighted by Crippen LogP contribution is 2.38. The molecule has 3 heterocycles. The molecule has 190 valence electrons. The van der Waals surface area contributed by atoms with Gasteiger partial charge < -0.3 is 24.8 Å². The van der Waals surface area contributed by atoms with Crippen LogP contribution in [0.4, 0.5) is 23.6 Å². The number of benzene rings is 1. The number of alkyl halides is 3. The van der Waals surface area contributed by atoms with Crippen LogP contribution in [0.25, 0.3) is 22.5 Å². The first-order valence-corrected chi connectivity index (χ1v) is 11.0. The molecule has 1 aliphatic heterocycles. The summed E-state index contributed by atoms with van der Waals surface area (Å²) < 4.78 is 51.5. The minimum absolute atomic E-state index is 0.124. The van der Waals surface area contributed by atoms with Crippen molar-refractivity contribution < 1.29 is 37.0 Å². The van der Waals surface area contributed by atoms with Crippen LogP contribution in [-0.2, 0) is 4.79 Å². The topological polar surface area (TPSA) is 112 Å². The molecular weight excluding hydrogens is 496 g/mol. The van der Waals surface area contributed by atoms with Gasteiger partial charge in [0, 0.05) is 18.2 Å². The number of likely N-dealkylation sites (N-methyl/N-ethyl adjacent to an activating group) is 1. The Hall–Kier alpha value is -3.12. The number of likely N-dealkylation sites (tertiary alicyclic amines) is 1. The van der Waals surface area contributed by atoms with E-state index >= 15 is 0 Å². The van der Waals surface area contributed by atoms with E-state index in [4.69, 9.17) is 25.9 Å². The first kappa shape index (κ1) is 26.5. The van der Waals surface area contributed by atoms with Crippen molar-refractivity contribution >= 4 is 34.8 Å². The van der Waals surface area contributed by atoms with Gasteiger partial charge in [0.1, 0.15) is 0 Å². The summed E-state index contributed by atoms with van der Waals surface area (Å²) in [6.07, 6.45) is -2.89. The molecule has 0 amide bonds. The van der Waals surface area contributed by atoms with Crippen LogP contribution in [0, 0.1) is 12.7 Å². The molecule has 8 nitrogen and oxygen atoms in total. The minimum Gasteiger partial charge on any atom is -0.504 e. The van der Waals surface area contributed by atoms with Crippen molar-refractivity contribution in [3.05, 3.63) is 34.6 Å². The number of phenolic OH excluding ortho intramolecular Hbond substituents is 1. The molecule has 1 saturated heterocycles. The lowest BCUT2D eigenvalue weighted by Gasteiger charge is -2.31. The Morgan fingerprint density at radius 3 is 2.66 bits per heavy atom. The maximum atomic E-state index is 14.0. The van der Waals surface area contributed by atoms with E-state index in [1.165, 1.54) is 6.07 Å². The normalized spacial score (nSPS) is 16.6. The van der Waals surface area contributed by atoms with Gasteiger partial charge in [-0.15, -0.1) is 0 Å².